The fourth-order valence-corrected chi connectivity index (χ4v) is 4.85. The molecule has 0 radical (unpaired) electrons. The lowest BCUT2D eigenvalue weighted by Crippen LogP contribution is -2.25. The van der Waals surface area contributed by atoms with Crippen LogP contribution in [0.4, 0.5) is 16.2 Å². The molecule has 0 atom stereocenters. The molecule has 1 heterocycles. The molecule has 9 heteroatoms. The molecule has 0 unspecified atom stereocenters. The van der Waals surface area contributed by atoms with E-state index in [0.717, 1.165) is 36.5 Å². The van der Waals surface area contributed by atoms with Crippen molar-refractivity contribution in [3.05, 3.63) is 59.7 Å². The number of likely N-dealkylation sites (tertiary alicyclic amines) is 1. The van der Waals surface area contributed by atoms with E-state index in [-0.39, 0.29) is 5.78 Å². The van der Waals surface area contributed by atoms with Gasteiger partial charge in [0.2, 0.25) is 0 Å². The van der Waals surface area contributed by atoms with Crippen molar-refractivity contribution in [1.82, 2.24) is 4.90 Å². The molecule has 2 amide bonds. The maximum Gasteiger partial charge on any atom is 0.323 e. The molecule has 9 nitrogen and oxygen atoms in total. The molecular formula is C31H37N3O6. The normalized spacial score (nSPS) is 13.0. The van der Waals surface area contributed by atoms with Crippen molar-refractivity contribution in [3.8, 4) is 34.1 Å². The summed E-state index contributed by atoms with van der Waals surface area (Å²) in [6.45, 7) is 7.25. The average molecular weight is 548 g/mol. The van der Waals surface area contributed by atoms with E-state index in [4.69, 9.17) is 18.9 Å². The van der Waals surface area contributed by atoms with Crippen LogP contribution in [0.2, 0.25) is 0 Å². The van der Waals surface area contributed by atoms with Crippen molar-refractivity contribution < 1.29 is 28.5 Å². The number of nitrogens with zero attached hydrogens (tertiary/aromatic N) is 1. The Kier molecular flexibility index (Phi) is 9.50. The molecule has 3 aromatic rings. The molecule has 1 fully saturated rings. The average Bonchev–Trinajstić information content (AvgIpc) is 3.47. The number of aryl methyl sites for hydroxylation is 1. The van der Waals surface area contributed by atoms with Crippen molar-refractivity contribution in [2.75, 3.05) is 58.2 Å². The van der Waals surface area contributed by atoms with Gasteiger partial charge >= 0.3 is 6.03 Å². The molecule has 4 rings (SSSR count). The van der Waals surface area contributed by atoms with Gasteiger partial charge in [0, 0.05) is 29.5 Å². The van der Waals surface area contributed by atoms with E-state index in [1.807, 2.05) is 25.1 Å². The zero-order valence-electron chi connectivity index (χ0n) is 23.8. The van der Waals surface area contributed by atoms with E-state index in [1.54, 1.807) is 37.4 Å². The van der Waals surface area contributed by atoms with Crippen LogP contribution in [-0.2, 0) is 0 Å². The monoisotopic (exact) mass is 547 g/mol. The van der Waals surface area contributed by atoms with Crippen molar-refractivity contribution >= 4 is 23.2 Å². The van der Waals surface area contributed by atoms with Crippen LogP contribution >= 0.6 is 0 Å². The number of ether oxygens (including phenoxy) is 4. The Morgan fingerprint density at radius 3 is 2.27 bits per heavy atom. The maximum atomic E-state index is 13.0. The minimum absolute atomic E-state index is 0.1000. The molecule has 212 valence electrons. The Balaban J connectivity index is 1.49. The third-order valence-electron chi connectivity index (χ3n) is 6.95. The van der Waals surface area contributed by atoms with Crippen LogP contribution in [-0.4, -0.2) is 64.3 Å². The number of benzene rings is 3. The number of nitrogens with one attached hydrogen (secondary N) is 2. The minimum atomic E-state index is -0.409. The topological polar surface area (TPSA) is 98.4 Å². The second-order valence-corrected chi connectivity index (χ2v) is 9.68. The summed E-state index contributed by atoms with van der Waals surface area (Å²) in [6.07, 6.45) is 2.52. The molecule has 2 N–H and O–H groups in total. The fourth-order valence-electron chi connectivity index (χ4n) is 4.85. The number of methoxy groups -OCH3 is 3. The number of carbonyl (C=O) groups is 2. The Labute approximate surface area is 235 Å². The first-order chi connectivity index (χ1) is 19.3. The van der Waals surface area contributed by atoms with Crippen molar-refractivity contribution in [2.24, 2.45) is 0 Å². The SMILES string of the molecule is COc1cc(-c2cc(NC(=O)Nc3ccc(OCCN4CCCC4)cc3C)cc(OC)c2OC)ccc1C(C)=O. The lowest BCUT2D eigenvalue weighted by atomic mass is 9.99. The predicted molar refractivity (Wildman–Crippen MR) is 157 cm³/mol. The molecule has 0 aliphatic carbocycles. The Morgan fingerprint density at radius 1 is 0.875 bits per heavy atom. The molecule has 0 saturated carbocycles. The summed E-state index contributed by atoms with van der Waals surface area (Å²) in [6, 6.07) is 14.0. The van der Waals surface area contributed by atoms with Gasteiger partial charge < -0.3 is 29.6 Å². The second kappa shape index (κ2) is 13.2. The molecule has 1 aliphatic heterocycles. The zero-order valence-corrected chi connectivity index (χ0v) is 23.8. The van der Waals surface area contributed by atoms with E-state index in [9.17, 15) is 9.59 Å². The van der Waals surface area contributed by atoms with Gasteiger partial charge in [-0.25, -0.2) is 4.79 Å². The first-order valence-corrected chi connectivity index (χ1v) is 13.3. The van der Waals surface area contributed by atoms with Crippen LogP contribution in [0.3, 0.4) is 0 Å². The number of hydrogen-bond acceptors (Lipinski definition) is 7. The third-order valence-corrected chi connectivity index (χ3v) is 6.95. The highest BCUT2D eigenvalue weighted by Gasteiger charge is 2.18. The van der Waals surface area contributed by atoms with Gasteiger partial charge in [-0.1, -0.05) is 6.07 Å². The van der Waals surface area contributed by atoms with Gasteiger partial charge in [0.1, 0.15) is 18.1 Å². The Morgan fingerprint density at radius 2 is 1.62 bits per heavy atom. The van der Waals surface area contributed by atoms with Gasteiger partial charge in [0.25, 0.3) is 0 Å². The highest BCUT2D eigenvalue weighted by Crippen LogP contribution is 2.42. The molecular weight excluding hydrogens is 510 g/mol. The van der Waals surface area contributed by atoms with E-state index < -0.39 is 6.03 Å². The van der Waals surface area contributed by atoms with Gasteiger partial charge in [-0.05, 0) is 87.3 Å². The van der Waals surface area contributed by atoms with Gasteiger partial charge in [-0.15, -0.1) is 0 Å². The molecule has 0 bridgehead atoms. The number of urea groups is 1. The first kappa shape index (κ1) is 28.8. The van der Waals surface area contributed by atoms with Crippen LogP contribution in [0.15, 0.2) is 48.5 Å². The third kappa shape index (κ3) is 6.84. The summed E-state index contributed by atoms with van der Waals surface area (Å²) in [5.74, 6) is 2.05. The molecule has 1 saturated heterocycles. The summed E-state index contributed by atoms with van der Waals surface area (Å²) >= 11 is 0. The molecule has 0 aromatic heterocycles. The summed E-state index contributed by atoms with van der Waals surface area (Å²) in [4.78, 5) is 27.4. The smallest absolute Gasteiger partial charge is 0.323 e. The van der Waals surface area contributed by atoms with Gasteiger partial charge in [0.15, 0.2) is 17.3 Å². The summed E-state index contributed by atoms with van der Waals surface area (Å²) < 4.78 is 22.6. The standard InChI is InChI=1S/C31H37N3O6/c1-20-16-24(40-15-14-34-12-6-7-13-34)9-11-27(20)33-31(36)32-23-18-26(30(39-5)29(19-23)38-4)22-8-10-25(21(2)35)28(17-22)37-3/h8-11,16-19H,6-7,12-15H2,1-5H3,(H2,32,33,36). The zero-order chi connectivity index (χ0) is 28.6. The van der Waals surface area contributed by atoms with E-state index in [2.05, 4.69) is 15.5 Å². The first-order valence-electron chi connectivity index (χ1n) is 13.3. The summed E-state index contributed by atoms with van der Waals surface area (Å²) in [5, 5.41) is 5.79. The number of rotatable bonds is 11. The number of hydrogen-bond donors (Lipinski definition) is 2. The van der Waals surface area contributed by atoms with Crippen molar-refractivity contribution in [2.45, 2.75) is 26.7 Å². The Hall–Kier alpha value is -4.24. The highest BCUT2D eigenvalue weighted by atomic mass is 16.5. The number of carbonyl (C=O) groups excluding carboxylic acids is 2. The van der Waals surface area contributed by atoms with Crippen LogP contribution in [0.1, 0.15) is 35.7 Å². The molecule has 1 aliphatic rings. The number of amides is 2. The van der Waals surface area contributed by atoms with Crippen LogP contribution in [0, 0.1) is 6.92 Å². The molecule has 3 aromatic carbocycles. The lowest BCUT2D eigenvalue weighted by molar-refractivity contribution is 0.101. The second-order valence-electron chi connectivity index (χ2n) is 9.68. The van der Waals surface area contributed by atoms with E-state index in [0.29, 0.717) is 46.4 Å². The van der Waals surface area contributed by atoms with Gasteiger partial charge in [-0.3, -0.25) is 9.69 Å². The van der Waals surface area contributed by atoms with Crippen LogP contribution < -0.4 is 29.6 Å². The van der Waals surface area contributed by atoms with Crippen LogP contribution in [0.25, 0.3) is 11.1 Å². The van der Waals surface area contributed by atoms with Gasteiger partial charge in [-0.2, -0.15) is 0 Å². The van der Waals surface area contributed by atoms with Crippen molar-refractivity contribution in [3.63, 3.8) is 0 Å². The largest absolute Gasteiger partial charge is 0.496 e. The van der Waals surface area contributed by atoms with Gasteiger partial charge in [0.05, 0.1) is 26.9 Å². The van der Waals surface area contributed by atoms with Crippen molar-refractivity contribution in [1.29, 1.82) is 0 Å². The quantitative estimate of drug-likeness (QED) is 0.284. The predicted octanol–water partition coefficient (Wildman–Crippen LogP) is 6.01. The highest BCUT2D eigenvalue weighted by molar-refractivity contribution is 6.01. The summed E-state index contributed by atoms with van der Waals surface area (Å²) in [7, 11) is 4.59. The lowest BCUT2D eigenvalue weighted by Gasteiger charge is -2.18. The minimum Gasteiger partial charge on any atom is -0.496 e. The number of ketones is 1. The number of anilines is 2. The fraction of sp³-hybridized carbons (Fsp3) is 0.355. The maximum absolute atomic E-state index is 13.0. The molecule has 40 heavy (non-hydrogen) atoms. The summed E-state index contributed by atoms with van der Waals surface area (Å²) in [5.41, 5.74) is 3.94. The van der Waals surface area contributed by atoms with Crippen LogP contribution in [0.5, 0.6) is 23.0 Å². The molecule has 0 spiro atoms. The van der Waals surface area contributed by atoms with E-state index in [1.165, 1.54) is 34.0 Å². The number of Topliss-reactive ketones (excluding diaryl/α,β-unsaturated/α-hetero) is 1. The Bertz CT molecular complexity index is 1370. The van der Waals surface area contributed by atoms with E-state index >= 15 is 0 Å².